The number of benzene rings is 1. The van der Waals surface area contributed by atoms with Gasteiger partial charge < -0.3 is 11.1 Å². The zero-order valence-corrected chi connectivity index (χ0v) is 10.2. The van der Waals surface area contributed by atoms with Gasteiger partial charge in [0.1, 0.15) is 5.82 Å². The Morgan fingerprint density at radius 1 is 1.37 bits per heavy atom. The molecule has 0 saturated heterocycles. The fourth-order valence-corrected chi connectivity index (χ4v) is 1.70. The second-order valence-corrected chi connectivity index (χ2v) is 4.10. The lowest BCUT2D eigenvalue weighted by Gasteiger charge is -2.14. The number of carbonyl (C=O) groups excluding carboxylic acids is 1. The van der Waals surface area contributed by atoms with Crippen molar-refractivity contribution < 1.29 is 22.4 Å². The lowest BCUT2D eigenvalue weighted by atomic mass is 9.97. The molecule has 0 spiro atoms. The van der Waals surface area contributed by atoms with Crippen molar-refractivity contribution in [2.45, 2.75) is 12.6 Å². The molecule has 7 heteroatoms. The van der Waals surface area contributed by atoms with Gasteiger partial charge in [-0.05, 0) is 30.2 Å². The van der Waals surface area contributed by atoms with Crippen LogP contribution in [-0.4, -0.2) is 19.5 Å². The van der Waals surface area contributed by atoms with E-state index < -0.39 is 23.5 Å². The van der Waals surface area contributed by atoms with Gasteiger partial charge in [0.2, 0.25) is 5.91 Å². The van der Waals surface area contributed by atoms with E-state index in [1.807, 2.05) is 0 Å². The van der Waals surface area contributed by atoms with Crippen LogP contribution in [0.2, 0.25) is 0 Å². The molecule has 1 aromatic rings. The summed E-state index contributed by atoms with van der Waals surface area (Å²) in [5, 5.41) is 2.36. The Balaban J connectivity index is 3.01. The molecule has 0 aliphatic carbocycles. The Hall–Kier alpha value is -1.63. The fraction of sp³-hybridized carbons (Fsp3) is 0.417. The van der Waals surface area contributed by atoms with Gasteiger partial charge in [-0.1, -0.05) is 0 Å². The van der Waals surface area contributed by atoms with Crippen molar-refractivity contribution in [2.75, 3.05) is 13.6 Å². The number of alkyl halides is 3. The maximum absolute atomic E-state index is 13.2. The molecular weight excluding hydrogens is 264 g/mol. The number of amides is 1. The smallest absolute Gasteiger partial charge is 0.359 e. The second kappa shape index (κ2) is 6.01. The lowest BCUT2D eigenvalue weighted by molar-refractivity contribution is -0.137. The van der Waals surface area contributed by atoms with E-state index in [-0.39, 0.29) is 24.4 Å². The second-order valence-electron chi connectivity index (χ2n) is 4.10. The third kappa shape index (κ3) is 4.20. The van der Waals surface area contributed by atoms with Crippen LogP contribution in [0.4, 0.5) is 17.6 Å². The van der Waals surface area contributed by atoms with E-state index in [2.05, 4.69) is 5.32 Å². The number of carbonyl (C=O) groups is 1. The van der Waals surface area contributed by atoms with Crippen molar-refractivity contribution in [1.82, 2.24) is 5.32 Å². The molecule has 3 N–H and O–H groups in total. The van der Waals surface area contributed by atoms with Crippen LogP contribution >= 0.6 is 0 Å². The van der Waals surface area contributed by atoms with Gasteiger partial charge in [0.15, 0.2) is 0 Å². The van der Waals surface area contributed by atoms with Crippen LogP contribution in [0.3, 0.4) is 0 Å². The number of nitrogens with two attached hydrogens (primary N) is 1. The van der Waals surface area contributed by atoms with Crippen molar-refractivity contribution >= 4 is 5.91 Å². The Labute approximate surface area is 107 Å². The topological polar surface area (TPSA) is 55.1 Å². The first-order chi connectivity index (χ1) is 8.77. The summed E-state index contributed by atoms with van der Waals surface area (Å²) in [5.74, 6) is -2.06. The molecule has 3 nitrogen and oxygen atoms in total. The van der Waals surface area contributed by atoms with Gasteiger partial charge in [0.05, 0.1) is 11.5 Å². The molecule has 1 amide bonds. The summed E-state index contributed by atoms with van der Waals surface area (Å²) in [6, 6.07) is 2.22. The molecule has 0 radical (unpaired) electrons. The molecule has 0 saturated carbocycles. The van der Waals surface area contributed by atoms with Crippen molar-refractivity contribution in [3.05, 3.63) is 35.1 Å². The van der Waals surface area contributed by atoms with E-state index >= 15 is 0 Å². The van der Waals surface area contributed by atoms with Gasteiger partial charge in [-0.25, -0.2) is 4.39 Å². The van der Waals surface area contributed by atoms with Crippen LogP contribution in [0, 0.1) is 11.7 Å². The number of nitrogens with one attached hydrogen (secondary N) is 1. The minimum absolute atomic E-state index is 0.0302. The predicted octanol–water partition coefficient (Wildman–Crippen LogP) is 1.71. The molecule has 106 valence electrons. The highest BCUT2D eigenvalue weighted by atomic mass is 19.4. The molecule has 1 aromatic carbocycles. The van der Waals surface area contributed by atoms with Gasteiger partial charge in [0, 0.05) is 13.6 Å². The molecule has 1 rings (SSSR count). The maximum Gasteiger partial charge on any atom is 0.416 e. The zero-order valence-electron chi connectivity index (χ0n) is 10.2. The van der Waals surface area contributed by atoms with Crippen LogP contribution in [0.25, 0.3) is 0 Å². The molecule has 0 bridgehead atoms. The quantitative estimate of drug-likeness (QED) is 0.824. The van der Waals surface area contributed by atoms with Gasteiger partial charge in [-0.3, -0.25) is 4.79 Å². The first-order valence-electron chi connectivity index (χ1n) is 5.56. The lowest BCUT2D eigenvalue weighted by Crippen LogP contribution is -2.34. The van der Waals surface area contributed by atoms with E-state index in [4.69, 9.17) is 5.73 Å². The van der Waals surface area contributed by atoms with E-state index in [9.17, 15) is 22.4 Å². The minimum Gasteiger partial charge on any atom is -0.359 e. The van der Waals surface area contributed by atoms with Crippen molar-refractivity contribution in [3.8, 4) is 0 Å². The molecule has 0 aliphatic rings. The Morgan fingerprint density at radius 2 is 2.00 bits per heavy atom. The van der Waals surface area contributed by atoms with Gasteiger partial charge in [-0.2, -0.15) is 13.2 Å². The summed E-state index contributed by atoms with van der Waals surface area (Å²) in [6.45, 7) is -0.0302. The minimum atomic E-state index is -4.62. The number of rotatable bonds is 4. The SMILES string of the molecule is CNC(=O)C(CN)Cc1cc(F)cc(C(F)(F)F)c1. The Kier molecular flexibility index (Phi) is 4.88. The standard InChI is InChI=1S/C12H14F4N2O/c1-18-11(19)8(6-17)2-7-3-9(12(14,15)16)5-10(13)4-7/h3-5,8H,2,6,17H2,1H3,(H,18,19). The van der Waals surface area contributed by atoms with Crippen molar-refractivity contribution in [2.24, 2.45) is 11.7 Å². The fourth-order valence-electron chi connectivity index (χ4n) is 1.70. The summed E-state index contributed by atoms with van der Waals surface area (Å²) < 4.78 is 50.7. The highest BCUT2D eigenvalue weighted by molar-refractivity contribution is 5.78. The molecule has 1 unspecified atom stereocenters. The highest BCUT2D eigenvalue weighted by Gasteiger charge is 2.31. The van der Waals surface area contributed by atoms with Crippen molar-refractivity contribution in [3.63, 3.8) is 0 Å². The normalized spacial score (nSPS) is 13.2. The Morgan fingerprint density at radius 3 is 2.47 bits per heavy atom. The summed E-state index contributed by atoms with van der Waals surface area (Å²) in [5.41, 5.74) is 4.40. The molecule has 0 aliphatic heterocycles. The number of hydrogen-bond donors (Lipinski definition) is 2. The predicted molar refractivity (Wildman–Crippen MR) is 61.7 cm³/mol. The van der Waals surface area contributed by atoms with Crippen LogP contribution in [-0.2, 0) is 17.4 Å². The third-order valence-electron chi connectivity index (χ3n) is 2.67. The summed E-state index contributed by atoms with van der Waals surface area (Å²) in [4.78, 5) is 11.4. The van der Waals surface area contributed by atoms with E-state index in [0.29, 0.717) is 6.07 Å². The molecular formula is C12H14F4N2O. The van der Waals surface area contributed by atoms with Crippen molar-refractivity contribution in [1.29, 1.82) is 0 Å². The average molecular weight is 278 g/mol. The summed E-state index contributed by atoms with van der Waals surface area (Å²) in [7, 11) is 1.40. The average Bonchev–Trinajstić information content (AvgIpc) is 2.33. The van der Waals surface area contributed by atoms with Crippen LogP contribution in [0.5, 0.6) is 0 Å². The number of hydrogen-bond acceptors (Lipinski definition) is 2. The first kappa shape index (κ1) is 15.4. The van der Waals surface area contributed by atoms with Crippen LogP contribution < -0.4 is 11.1 Å². The summed E-state index contributed by atoms with van der Waals surface area (Å²) in [6.07, 6.45) is -4.67. The first-order valence-corrected chi connectivity index (χ1v) is 5.56. The van der Waals surface area contributed by atoms with E-state index in [0.717, 1.165) is 12.1 Å². The zero-order chi connectivity index (χ0) is 14.6. The molecule has 19 heavy (non-hydrogen) atoms. The van der Waals surface area contributed by atoms with Gasteiger partial charge >= 0.3 is 6.18 Å². The third-order valence-corrected chi connectivity index (χ3v) is 2.67. The van der Waals surface area contributed by atoms with Crippen LogP contribution in [0.15, 0.2) is 18.2 Å². The highest BCUT2D eigenvalue weighted by Crippen LogP contribution is 2.30. The Bertz CT molecular complexity index is 460. The molecule has 0 aromatic heterocycles. The molecule has 0 fully saturated rings. The van der Waals surface area contributed by atoms with Crippen LogP contribution in [0.1, 0.15) is 11.1 Å². The molecule has 0 heterocycles. The summed E-state index contributed by atoms with van der Waals surface area (Å²) >= 11 is 0. The monoisotopic (exact) mass is 278 g/mol. The molecule has 1 atom stereocenters. The largest absolute Gasteiger partial charge is 0.416 e. The van der Waals surface area contributed by atoms with Gasteiger partial charge in [0.25, 0.3) is 0 Å². The number of halogens is 4. The van der Waals surface area contributed by atoms with E-state index in [1.165, 1.54) is 7.05 Å². The van der Waals surface area contributed by atoms with E-state index in [1.54, 1.807) is 0 Å². The maximum atomic E-state index is 13.2. The van der Waals surface area contributed by atoms with Gasteiger partial charge in [-0.15, -0.1) is 0 Å².